The number of carbonyl (C=O) groups excluding carboxylic acids is 3. The Hall–Kier alpha value is -4.65. The Balaban J connectivity index is 1.29. The van der Waals surface area contributed by atoms with Crippen molar-refractivity contribution in [3.05, 3.63) is 109 Å². The first-order chi connectivity index (χ1) is 23.3. The number of rotatable bonds is 3. The molecule has 12 nitrogen and oxygen atoms in total. The Morgan fingerprint density at radius 1 is 0.417 bits per heavy atom. The van der Waals surface area contributed by atoms with Crippen molar-refractivity contribution in [3.8, 4) is 0 Å². The fourth-order valence-corrected chi connectivity index (χ4v) is 6.30. The number of carbonyl (C=O) groups is 3. The lowest BCUT2D eigenvalue weighted by Crippen LogP contribution is -2.46. The van der Waals surface area contributed by atoms with Gasteiger partial charge in [0.1, 0.15) is 35.6 Å². The lowest BCUT2D eigenvalue weighted by Gasteiger charge is -2.37. The van der Waals surface area contributed by atoms with E-state index >= 15 is 0 Å². The quantitative estimate of drug-likeness (QED) is 0.198. The first-order valence-corrected chi connectivity index (χ1v) is 16.0. The van der Waals surface area contributed by atoms with E-state index in [1.54, 1.807) is 72.9 Å². The molecule has 0 saturated carbocycles. The van der Waals surface area contributed by atoms with Crippen LogP contribution in [0.25, 0.3) is 0 Å². The molecule has 252 valence electrons. The third-order valence-electron chi connectivity index (χ3n) is 8.95. The van der Waals surface area contributed by atoms with Crippen molar-refractivity contribution in [2.24, 2.45) is 17.8 Å². The molecule has 0 unspecified atom stereocenters. The summed E-state index contributed by atoms with van der Waals surface area (Å²) in [6.45, 7) is 5.43. The van der Waals surface area contributed by atoms with Gasteiger partial charge < -0.3 is 41.7 Å². The summed E-state index contributed by atoms with van der Waals surface area (Å²) in [5.41, 5.74) is 0. The van der Waals surface area contributed by atoms with Gasteiger partial charge in [-0.15, -0.1) is 0 Å². The summed E-state index contributed by atoms with van der Waals surface area (Å²) < 4.78 is 54.1. The summed E-state index contributed by atoms with van der Waals surface area (Å²) in [5.74, 6) is -2.39. The van der Waals surface area contributed by atoms with E-state index in [1.807, 2.05) is 20.8 Å². The second-order valence-electron chi connectivity index (χ2n) is 12.4. The van der Waals surface area contributed by atoms with Crippen LogP contribution in [0.15, 0.2) is 105 Å². The molecule has 0 spiro atoms. The van der Waals surface area contributed by atoms with Gasteiger partial charge in [-0.25, -0.2) is 14.4 Å². The van der Waals surface area contributed by atoms with Gasteiger partial charge in [0.15, 0.2) is 36.6 Å². The normalized spacial score (nSPS) is 37.2. The maximum absolute atomic E-state index is 13.9. The van der Waals surface area contributed by atoms with Gasteiger partial charge in [-0.05, 0) is 36.4 Å². The molecule has 12 heteroatoms. The molecule has 1 fully saturated rings. The molecule has 0 radical (unpaired) electrons. The van der Waals surface area contributed by atoms with Crippen molar-refractivity contribution in [2.75, 3.05) is 0 Å². The molecule has 0 aromatic carbocycles. The van der Waals surface area contributed by atoms with Crippen LogP contribution in [-0.4, -0.2) is 54.5 Å². The molecule has 12 atom stereocenters. The Bertz CT molecular complexity index is 1460. The fraction of sp³-hybridized carbons (Fsp3) is 0.417. The van der Waals surface area contributed by atoms with Crippen molar-refractivity contribution in [2.45, 2.75) is 75.7 Å². The largest absolute Gasteiger partial charge is 0.465 e. The SMILES string of the molecule is C[C@@H]1C=C[C@H]2O[C@@H]1C(=O)O[C@@H](c1ccco1)[C@H]1C=C[C@@H](C)[C@H](O1)C(=O)O[C@@H](c1ccco1)[C@H]1C=C[C@@H](C)[C@H](O1)C(=O)O[C@H]2c1ccco1. The molecule has 0 N–H and O–H groups in total. The van der Waals surface area contributed by atoms with Gasteiger partial charge in [-0.2, -0.15) is 0 Å². The van der Waals surface area contributed by atoms with E-state index in [2.05, 4.69) is 0 Å². The molecule has 1 saturated heterocycles. The van der Waals surface area contributed by atoms with Crippen molar-refractivity contribution >= 4 is 17.9 Å². The highest BCUT2D eigenvalue weighted by atomic mass is 16.6. The third kappa shape index (κ3) is 6.30. The van der Waals surface area contributed by atoms with Gasteiger partial charge in [0.2, 0.25) is 0 Å². The Morgan fingerprint density at radius 2 is 0.708 bits per heavy atom. The van der Waals surface area contributed by atoms with Crippen LogP contribution in [0.5, 0.6) is 0 Å². The minimum Gasteiger partial charge on any atom is -0.465 e. The highest BCUT2D eigenvalue weighted by Crippen LogP contribution is 2.38. The predicted molar refractivity (Wildman–Crippen MR) is 164 cm³/mol. The van der Waals surface area contributed by atoms with Crippen LogP contribution >= 0.6 is 0 Å². The monoisotopic (exact) mass is 660 g/mol. The van der Waals surface area contributed by atoms with Crippen LogP contribution < -0.4 is 0 Å². The van der Waals surface area contributed by atoms with E-state index in [4.69, 9.17) is 41.7 Å². The van der Waals surface area contributed by atoms with E-state index in [0.717, 1.165) is 0 Å². The van der Waals surface area contributed by atoms with Crippen LogP contribution in [-0.2, 0) is 42.8 Å². The summed E-state index contributed by atoms with van der Waals surface area (Å²) in [6.07, 6.45) is 5.76. The Morgan fingerprint density at radius 3 is 0.958 bits per heavy atom. The van der Waals surface area contributed by atoms with Crippen LogP contribution in [0.3, 0.4) is 0 Å². The zero-order valence-corrected chi connectivity index (χ0v) is 26.5. The van der Waals surface area contributed by atoms with Crippen molar-refractivity contribution in [1.82, 2.24) is 0 Å². The summed E-state index contributed by atoms with van der Waals surface area (Å²) in [4.78, 5) is 41.6. The molecule has 3 aromatic heterocycles. The van der Waals surface area contributed by atoms with Crippen molar-refractivity contribution in [1.29, 1.82) is 0 Å². The maximum atomic E-state index is 13.9. The van der Waals surface area contributed by atoms with Crippen LogP contribution in [0.2, 0.25) is 0 Å². The van der Waals surface area contributed by atoms with E-state index in [9.17, 15) is 14.4 Å². The highest BCUT2D eigenvalue weighted by Gasteiger charge is 2.46. The van der Waals surface area contributed by atoms with Crippen molar-refractivity contribution < 1.29 is 56.1 Å². The highest BCUT2D eigenvalue weighted by molar-refractivity contribution is 5.78. The summed E-state index contributed by atoms with van der Waals surface area (Å²) in [5, 5.41) is 0. The van der Waals surface area contributed by atoms with Crippen LogP contribution in [0.4, 0.5) is 0 Å². The van der Waals surface area contributed by atoms with E-state index < -0.39 is 90.6 Å². The smallest absolute Gasteiger partial charge is 0.336 e. The second kappa shape index (κ2) is 13.5. The molecule has 7 rings (SSSR count). The zero-order valence-electron chi connectivity index (χ0n) is 26.5. The number of ether oxygens (including phenoxy) is 6. The van der Waals surface area contributed by atoms with E-state index in [-0.39, 0.29) is 0 Å². The topological polar surface area (TPSA) is 146 Å². The second-order valence-corrected chi connectivity index (χ2v) is 12.4. The number of hydrogen-bond acceptors (Lipinski definition) is 12. The average Bonchev–Trinajstić information content (AvgIpc) is 3.90. The van der Waals surface area contributed by atoms with E-state index in [1.165, 1.54) is 18.8 Å². The van der Waals surface area contributed by atoms with Gasteiger partial charge in [0, 0.05) is 17.8 Å². The standard InChI is InChI=1S/C36H36O12/c1-19-10-13-25-31(22-7-4-16-40-22)47-35(38)29-21(3)12-15-27(45-29)33(24-9-6-18-42-24)48-36(39)30-20(2)11-14-26(44-30)32(23-8-5-17-41-23)46-34(37)28(19)43-25/h4-21,25-33H,1-3H3/t19-,20-,21-,25-,26-,27-,28+,29+,30+,31+,32+,33+/m1/s1. The first-order valence-electron chi connectivity index (χ1n) is 16.0. The summed E-state index contributed by atoms with van der Waals surface area (Å²) in [7, 11) is 0. The first kappa shape index (κ1) is 31.9. The lowest BCUT2D eigenvalue weighted by atomic mass is 9.95. The molecule has 4 aliphatic heterocycles. The number of esters is 3. The molecule has 7 heterocycles. The number of cyclic esters (lactones) is 3. The summed E-state index contributed by atoms with van der Waals surface area (Å²) in [6, 6.07) is 9.96. The van der Waals surface area contributed by atoms with E-state index in [0.29, 0.717) is 17.3 Å². The van der Waals surface area contributed by atoms with Gasteiger partial charge in [0.05, 0.1) is 18.8 Å². The Labute approximate surface area is 276 Å². The minimum absolute atomic E-state index is 0.307. The predicted octanol–water partition coefficient (Wildman–Crippen LogP) is 5.51. The molecule has 6 bridgehead atoms. The number of furan rings is 3. The van der Waals surface area contributed by atoms with Crippen molar-refractivity contribution in [3.63, 3.8) is 0 Å². The third-order valence-corrected chi connectivity index (χ3v) is 8.95. The summed E-state index contributed by atoms with van der Waals surface area (Å²) >= 11 is 0. The average molecular weight is 661 g/mol. The Kier molecular flexibility index (Phi) is 8.95. The maximum Gasteiger partial charge on any atom is 0.336 e. The molecule has 4 aliphatic rings. The molecular weight excluding hydrogens is 624 g/mol. The number of hydrogen-bond donors (Lipinski definition) is 0. The fourth-order valence-electron chi connectivity index (χ4n) is 6.30. The molecule has 3 aromatic rings. The minimum atomic E-state index is -1.09. The van der Waals surface area contributed by atoms with Gasteiger partial charge >= 0.3 is 17.9 Å². The molecule has 0 amide bonds. The van der Waals surface area contributed by atoms with Gasteiger partial charge in [-0.1, -0.05) is 57.2 Å². The molecule has 48 heavy (non-hydrogen) atoms. The van der Waals surface area contributed by atoms with Crippen LogP contribution in [0, 0.1) is 17.8 Å². The molecular formula is C36H36O12. The molecule has 0 aliphatic carbocycles. The lowest BCUT2D eigenvalue weighted by molar-refractivity contribution is -0.202. The zero-order chi connectivity index (χ0) is 33.4. The van der Waals surface area contributed by atoms with Crippen LogP contribution in [0.1, 0.15) is 56.4 Å². The van der Waals surface area contributed by atoms with Gasteiger partial charge in [-0.3, -0.25) is 0 Å². The van der Waals surface area contributed by atoms with Gasteiger partial charge in [0.25, 0.3) is 0 Å². The number of fused-ring (bicyclic) bond motifs is 6.